The maximum absolute atomic E-state index is 12.2. The molecule has 0 fully saturated rings. The molecule has 2 rings (SSSR count). The predicted octanol–water partition coefficient (Wildman–Crippen LogP) is 3.99. The number of anilines is 1. The smallest absolute Gasteiger partial charge is 0.341 e. The van der Waals surface area contributed by atoms with Crippen molar-refractivity contribution in [3.63, 3.8) is 0 Å². The molecular formula is C18H19NO5S. The van der Waals surface area contributed by atoms with Crippen LogP contribution in [0.2, 0.25) is 0 Å². The number of aryl methyl sites for hydroxylation is 1. The van der Waals surface area contributed by atoms with Gasteiger partial charge in [-0.05, 0) is 51.5 Å². The highest BCUT2D eigenvalue weighted by atomic mass is 32.1. The Morgan fingerprint density at radius 3 is 2.56 bits per heavy atom. The van der Waals surface area contributed by atoms with Gasteiger partial charge in [-0.15, -0.1) is 11.3 Å². The largest absolute Gasteiger partial charge is 0.462 e. The van der Waals surface area contributed by atoms with Gasteiger partial charge in [-0.3, -0.25) is 9.59 Å². The van der Waals surface area contributed by atoms with Crippen LogP contribution in [0.4, 0.5) is 5.00 Å². The van der Waals surface area contributed by atoms with Crippen LogP contribution >= 0.6 is 11.3 Å². The molecule has 0 saturated heterocycles. The van der Waals surface area contributed by atoms with Gasteiger partial charge in [0.05, 0.1) is 17.0 Å². The molecule has 0 aliphatic carbocycles. The van der Waals surface area contributed by atoms with E-state index in [1.165, 1.54) is 19.1 Å². The highest BCUT2D eigenvalue weighted by molar-refractivity contribution is 7.18. The first-order chi connectivity index (χ1) is 11.8. The van der Waals surface area contributed by atoms with Gasteiger partial charge in [0.1, 0.15) is 16.5 Å². The molecule has 2 aromatic rings. The van der Waals surface area contributed by atoms with Crippen LogP contribution in [0.15, 0.2) is 22.6 Å². The Morgan fingerprint density at radius 1 is 1.28 bits per heavy atom. The number of thiophene rings is 1. The molecule has 7 heteroatoms. The van der Waals surface area contributed by atoms with Crippen molar-refractivity contribution in [3.05, 3.63) is 45.7 Å². The molecule has 25 heavy (non-hydrogen) atoms. The van der Waals surface area contributed by atoms with E-state index in [0.29, 0.717) is 21.2 Å². The number of rotatable bonds is 6. The van der Waals surface area contributed by atoms with Crippen molar-refractivity contribution in [1.29, 1.82) is 0 Å². The van der Waals surface area contributed by atoms with Gasteiger partial charge in [0.25, 0.3) is 0 Å². The minimum atomic E-state index is -0.565. The van der Waals surface area contributed by atoms with E-state index in [2.05, 4.69) is 5.32 Å². The first-order valence-electron chi connectivity index (χ1n) is 7.70. The van der Waals surface area contributed by atoms with Gasteiger partial charge in [0.15, 0.2) is 5.78 Å². The predicted molar refractivity (Wildman–Crippen MR) is 96.1 cm³/mol. The minimum absolute atomic E-state index is 0.171. The highest BCUT2D eigenvalue weighted by Gasteiger charge is 2.24. The number of ether oxygens (including phenoxy) is 1. The average molecular weight is 361 g/mol. The quantitative estimate of drug-likeness (QED) is 0.478. The van der Waals surface area contributed by atoms with E-state index in [9.17, 15) is 14.4 Å². The van der Waals surface area contributed by atoms with Crippen LogP contribution in [0.5, 0.6) is 0 Å². The Hall–Kier alpha value is -2.67. The summed E-state index contributed by atoms with van der Waals surface area (Å²) in [6, 6.07) is 3.53. The molecule has 6 nitrogen and oxygen atoms in total. The van der Waals surface area contributed by atoms with E-state index < -0.39 is 11.9 Å². The number of furan rings is 1. The van der Waals surface area contributed by atoms with Crippen LogP contribution in [0.3, 0.4) is 0 Å². The number of amides is 1. The van der Waals surface area contributed by atoms with Crippen LogP contribution in [-0.2, 0) is 9.53 Å². The van der Waals surface area contributed by atoms with Crippen molar-refractivity contribution < 1.29 is 23.5 Å². The molecule has 0 spiro atoms. The summed E-state index contributed by atoms with van der Waals surface area (Å²) in [5.41, 5.74) is 0.726. The number of nitrogens with one attached hydrogen (secondary N) is 1. The van der Waals surface area contributed by atoms with Gasteiger partial charge < -0.3 is 14.5 Å². The number of esters is 1. The lowest BCUT2D eigenvalue weighted by Gasteiger charge is -2.05. The van der Waals surface area contributed by atoms with Gasteiger partial charge in [-0.2, -0.15) is 0 Å². The van der Waals surface area contributed by atoms with Crippen molar-refractivity contribution in [2.24, 2.45) is 0 Å². The number of carbonyl (C=O) groups is 3. The summed E-state index contributed by atoms with van der Waals surface area (Å²) < 4.78 is 10.4. The molecule has 0 saturated carbocycles. The molecule has 0 aliphatic rings. The van der Waals surface area contributed by atoms with Crippen LogP contribution in [-0.4, -0.2) is 24.3 Å². The molecule has 0 radical (unpaired) electrons. The monoisotopic (exact) mass is 361 g/mol. The second-order valence-corrected chi connectivity index (χ2v) is 6.33. The Labute approximate surface area is 149 Å². The zero-order chi connectivity index (χ0) is 18.6. The number of ketones is 1. The highest BCUT2D eigenvalue weighted by Crippen LogP contribution is 2.34. The second kappa shape index (κ2) is 7.94. The molecular weight excluding hydrogens is 342 g/mol. The van der Waals surface area contributed by atoms with Gasteiger partial charge in [0.2, 0.25) is 5.91 Å². The Morgan fingerprint density at radius 2 is 2.00 bits per heavy atom. The van der Waals surface area contributed by atoms with Crippen molar-refractivity contribution >= 4 is 40.1 Å². The van der Waals surface area contributed by atoms with Gasteiger partial charge in [-0.1, -0.05) is 0 Å². The third-order valence-corrected chi connectivity index (χ3v) is 4.65. The minimum Gasteiger partial charge on any atom is -0.462 e. The van der Waals surface area contributed by atoms with Crippen molar-refractivity contribution in [3.8, 4) is 0 Å². The molecule has 2 aromatic heterocycles. The number of hydrogen-bond donors (Lipinski definition) is 1. The van der Waals surface area contributed by atoms with Crippen LogP contribution in [0.1, 0.15) is 51.0 Å². The van der Waals surface area contributed by atoms with Gasteiger partial charge in [0, 0.05) is 6.08 Å². The zero-order valence-electron chi connectivity index (χ0n) is 14.5. The molecule has 0 aliphatic heterocycles. The SMILES string of the molecule is CCOC(=O)c1c(NC(=O)C=Cc2ccc(C)o2)sc(C(C)=O)c1C. The fourth-order valence-electron chi connectivity index (χ4n) is 2.24. The lowest BCUT2D eigenvalue weighted by Crippen LogP contribution is -2.12. The van der Waals surface area contributed by atoms with E-state index in [1.807, 2.05) is 0 Å². The van der Waals surface area contributed by atoms with E-state index in [-0.39, 0.29) is 18.0 Å². The van der Waals surface area contributed by atoms with Crippen LogP contribution in [0, 0.1) is 13.8 Å². The van der Waals surface area contributed by atoms with Crippen molar-refractivity contribution in [2.75, 3.05) is 11.9 Å². The fourth-order valence-corrected chi connectivity index (χ4v) is 3.33. The molecule has 0 unspecified atom stereocenters. The van der Waals surface area contributed by atoms with Crippen LogP contribution in [0.25, 0.3) is 6.08 Å². The summed E-state index contributed by atoms with van der Waals surface area (Å²) in [5.74, 6) is 0.116. The van der Waals surface area contributed by atoms with Gasteiger partial charge >= 0.3 is 5.97 Å². The molecule has 2 heterocycles. The lowest BCUT2D eigenvalue weighted by atomic mass is 10.1. The zero-order valence-corrected chi connectivity index (χ0v) is 15.3. The normalized spacial score (nSPS) is 10.9. The molecule has 1 amide bonds. The third-order valence-electron chi connectivity index (χ3n) is 3.34. The van der Waals surface area contributed by atoms with E-state index in [4.69, 9.17) is 9.15 Å². The molecule has 0 bridgehead atoms. The summed E-state index contributed by atoms with van der Waals surface area (Å²) in [6.45, 7) is 6.78. The van der Waals surface area contributed by atoms with Crippen molar-refractivity contribution in [1.82, 2.24) is 0 Å². The Bertz CT molecular complexity index is 844. The molecule has 1 N–H and O–H groups in total. The summed E-state index contributed by atoms with van der Waals surface area (Å²) in [7, 11) is 0. The maximum atomic E-state index is 12.2. The average Bonchev–Trinajstić information content (AvgIpc) is 3.09. The summed E-state index contributed by atoms with van der Waals surface area (Å²) in [4.78, 5) is 36.5. The summed E-state index contributed by atoms with van der Waals surface area (Å²) in [5, 5.41) is 2.94. The topological polar surface area (TPSA) is 85.6 Å². The van der Waals surface area contributed by atoms with Crippen LogP contribution < -0.4 is 5.32 Å². The molecule has 132 valence electrons. The number of Topliss-reactive ketones (excluding diaryl/α,β-unsaturated/α-hetero) is 1. The Kier molecular flexibility index (Phi) is 5.93. The number of hydrogen-bond acceptors (Lipinski definition) is 6. The number of carbonyl (C=O) groups excluding carboxylic acids is 3. The lowest BCUT2D eigenvalue weighted by molar-refractivity contribution is -0.111. The molecule has 0 atom stereocenters. The Balaban J connectivity index is 2.26. The first-order valence-corrected chi connectivity index (χ1v) is 8.52. The van der Waals surface area contributed by atoms with E-state index in [1.54, 1.807) is 32.9 Å². The fraction of sp³-hybridized carbons (Fsp3) is 0.278. The third kappa shape index (κ3) is 4.45. The molecule has 0 aromatic carbocycles. The van der Waals surface area contributed by atoms with E-state index in [0.717, 1.165) is 17.1 Å². The maximum Gasteiger partial charge on any atom is 0.341 e. The second-order valence-electron chi connectivity index (χ2n) is 5.31. The van der Waals surface area contributed by atoms with Crippen molar-refractivity contribution in [2.45, 2.75) is 27.7 Å². The van der Waals surface area contributed by atoms with Gasteiger partial charge in [-0.25, -0.2) is 4.79 Å². The summed E-state index contributed by atoms with van der Waals surface area (Å²) in [6.07, 6.45) is 2.83. The first kappa shape index (κ1) is 18.7. The van der Waals surface area contributed by atoms with E-state index >= 15 is 0 Å². The standard InChI is InChI=1S/C18H19NO5S/c1-5-23-18(22)15-11(3)16(12(4)20)25-17(15)19-14(21)9-8-13-7-6-10(2)24-13/h6-9H,5H2,1-4H3,(H,19,21). The summed E-state index contributed by atoms with van der Waals surface area (Å²) >= 11 is 1.06.